The third kappa shape index (κ3) is 11.5. The summed E-state index contributed by atoms with van der Waals surface area (Å²) in [5.41, 5.74) is 14.5. The second-order valence-corrected chi connectivity index (χ2v) is 24.1. The van der Waals surface area contributed by atoms with Gasteiger partial charge in [-0.15, -0.1) is 21.5 Å². The summed E-state index contributed by atoms with van der Waals surface area (Å²) in [6, 6.07) is 23.0. The molecule has 4 aromatic heterocycles. The van der Waals surface area contributed by atoms with E-state index in [9.17, 15) is 19.8 Å². The zero-order valence-electron chi connectivity index (χ0n) is 46.1. The van der Waals surface area contributed by atoms with E-state index in [-0.39, 0.29) is 48.6 Å². The fraction of sp³-hybridized carbons (Fsp3) is 0.517. The number of piperazine rings is 1. The van der Waals surface area contributed by atoms with Crippen LogP contribution in [0.25, 0.3) is 21.7 Å². The Hall–Kier alpha value is -6.83. The van der Waals surface area contributed by atoms with Crippen LogP contribution in [0.5, 0.6) is 17.5 Å². The second kappa shape index (κ2) is 23.1. The number of hydrogen-bond acceptors (Lipinski definition) is 17. The predicted octanol–water partition coefficient (Wildman–Crippen LogP) is 8.66. The lowest BCUT2D eigenvalue weighted by Crippen LogP contribution is -2.54. The minimum atomic E-state index is -0.824. The second-order valence-electron chi connectivity index (χ2n) is 23.2. The van der Waals surface area contributed by atoms with Crippen molar-refractivity contribution in [1.82, 2.24) is 40.4 Å². The van der Waals surface area contributed by atoms with Crippen LogP contribution in [-0.4, -0.2) is 133 Å². The van der Waals surface area contributed by atoms with Crippen LogP contribution in [-0.2, 0) is 9.59 Å². The summed E-state index contributed by atoms with van der Waals surface area (Å²) in [6.07, 6.45) is 7.51. The molecule has 1 aliphatic carbocycles. The molecule has 418 valence electrons. The highest BCUT2D eigenvalue weighted by Crippen LogP contribution is 2.42. The number of aromatic hydroxyl groups is 1. The van der Waals surface area contributed by atoms with Crippen molar-refractivity contribution in [3.8, 4) is 39.2 Å². The number of nitrogens with zero attached hydrogens (tertiary/aromatic N) is 9. The van der Waals surface area contributed by atoms with E-state index in [1.54, 1.807) is 29.5 Å². The van der Waals surface area contributed by atoms with Crippen molar-refractivity contribution in [2.24, 2.45) is 23.7 Å². The van der Waals surface area contributed by atoms with E-state index in [1.165, 1.54) is 4.90 Å². The lowest BCUT2D eigenvalue weighted by Gasteiger charge is -2.46. The molecular weight excluding hydrogens is 1020 g/mol. The molecule has 4 saturated heterocycles. The number of ether oxygens (including phenoxy) is 2. The quantitative estimate of drug-likeness (QED) is 0.0632. The molecule has 9 atom stereocenters. The van der Waals surface area contributed by atoms with Crippen LogP contribution in [0.15, 0.2) is 89.0 Å². The van der Waals surface area contributed by atoms with Crippen LogP contribution < -0.4 is 30.3 Å². The van der Waals surface area contributed by atoms with Crippen molar-refractivity contribution >= 4 is 40.3 Å². The molecule has 2 bridgehead atoms. The maximum Gasteiger partial charge on any atom is 0.254 e. The molecule has 5 fully saturated rings. The maximum absolute atomic E-state index is 14.3. The number of nitrogen functional groups attached to an aromatic ring is 1. The van der Waals surface area contributed by atoms with Gasteiger partial charge in [0.25, 0.3) is 5.88 Å². The van der Waals surface area contributed by atoms with Crippen molar-refractivity contribution in [2.75, 3.05) is 54.9 Å². The van der Waals surface area contributed by atoms with Gasteiger partial charge in [0.2, 0.25) is 17.7 Å². The van der Waals surface area contributed by atoms with Crippen molar-refractivity contribution < 1.29 is 33.8 Å². The first kappa shape index (κ1) is 54.1. The Balaban J connectivity index is 0.620. The minimum Gasteiger partial charge on any atom is -0.507 e. The molecule has 0 spiro atoms. The number of rotatable bonds is 18. The van der Waals surface area contributed by atoms with Gasteiger partial charge < -0.3 is 54.9 Å². The van der Waals surface area contributed by atoms with E-state index >= 15 is 0 Å². The van der Waals surface area contributed by atoms with Crippen molar-refractivity contribution in [1.29, 1.82) is 0 Å². The van der Waals surface area contributed by atoms with Crippen LogP contribution in [0.3, 0.4) is 0 Å². The third-order valence-corrected chi connectivity index (χ3v) is 18.8. The number of likely N-dealkylation sites (tertiary alicyclic amines) is 2. The van der Waals surface area contributed by atoms with E-state index in [0.29, 0.717) is 77.1 Å². The number of hydrogen-bond donors (Lipinski definition) is 4. The monoisotopic (exact) mass is 1090 g/mol. The van der Waals surface area contributed by atoms with Crippen LogP contribution in [0.4, 0.5) is 17.2 Å². The van der Waals surface area contributed by atoms with Gasteiger partial charge in [-0.25, -0.2) is 9.97 Å². The van der Waals surface area contributed by atoms with Crippen LogP contribution >= 0.6 is 11.3 Å². The first-order valence-corrected chi connectivity index (χ1v) is 29.2. The number of amides is 2. The molecule has 79 heavy (non-hydrogen) atoms. The molecule has 4 aliphatic heterocycles. The first-order chi connectivity index (χ1) is 38.1. The number of thiazole rings is 1. The molecule has 1 saturated carbocycles. The van der Waals surface area contributed by atoms with Crippen LogP contribution in [0, 0.1) is 30.6 Å². The number of fused-ring (bicyclic) bond motifs is 2. The standard InChI is InChI=1S/C60H75N11O7S/c1-34(2)56(60(75)70-32-46(72)26-51(70)59(74)64-36(4)41-11-13-42(14-12-41)57-37(5)63-33-79-57)53-28-55(67-78-53)76-22-19-40-18-21-68(38(6)35(40)3)29-39-23-47(24-39)77-54-25-43(17-20-62-54)71-44-15-16-45(71)31-69(30-44)50-27-49(65-66-58(50)61)48-9-7-8-10-52(48)73/h7-14,17,20,25,27-28,33-36,38-40,44-47,51,56,72-73H,15-16,18-19,21-24,26,29-32H2,1-6H3,(H2,61,66)(H,64,74)/t35-,36+,38+,39?,40-,44-,45?,46-,47?,51+,56-/m1/s1. The van der Waals surface area contributed by atoms with Crippen molar-refractivity contribution in [3.63, 3.8) is 0 Å². The average Bonchev–Trinajstić information content (AvgIpc) is 4.40. The number of nitrogens with two attached hydrogens (primary N) is 1. The minimum absolute atomic E-state index is 0.0605. The third-order valence-electron chi connectivity index (χ3n) is 17.8. The van der Waals surface area contributed by atoms with Gasteiger partial charge in [0.1, 0.15) is 23.8 Å². The van der Waals surface area contributed by atoms with Gasteiger partial charge in [-0.1, -0.05) is 57.2 Å². The van der Waals surface area contributed by atoms with E-state index in [4.69, 9.17) is 19.7 Å². The Morgan fingerprint density at radius 1 is 0.924 bits per heavy atom. The number of aliphatic hydroxyl groups excluding tert-OH is 1. The van der Waals surface area contributed by atoms with Crippen LogP contribution in [0.1, 0.15) is 109 Å². The molecule has 11 rings (SSSR count). The SMILES string of the molecule is Cc1ncsc1-c1ccc([C@H](C)NC(=O)[C@@H]2C[C@@H](O)CN2C(=O)[C@@H](c2cc(OCC[C@H]3CCN(CC4CC(Oc5cc(N6C7CC[C@@H]6CN(c6cc(-c8ccccc8O)nnc6N)C7)ccn5)C4)[C@@H](C)[C@H]3C)no2)C(C)C)cc1. The zero-order chi connectivity index (χ0) is 55.1. The fourth-order valence-corrected chi connectivity index (χ4v) is 14.0. The molecule has 2 amide bonds. The molecule has 8 heterocycles. The Morgan fingerprint density at radius 2 is 1.70 bits per heavy atom. The number of piperidine rings is 1. The number of phenolic OH excluding ortho intramolecular Hbond substituents is 1. The molecule has 2 aromatic carbocycles. The topological polar surface area (TPSA) is 222 Å². The zero-order valence-corrected chi connectivity index (χ0v) is 47.0. The largest absolute Gasteiger partial charge is 0.507 e. The molecule has 19 heteroatoms. The van der Waals surface area contributed by atoms with Gasteiger partial charge in [-0.3, -0.25) is 9.59 Å². The highest BCUT2D eigenvalue weighted by Gasteiger charge is 2.45. The molecule has 1 unspecified atom stereocenters. The number of aromatic nitrogens is 5. The van der Waals surface area contributed by atoms with E-state index in [2.05, 4.69) is 71.3 Å². The average molecular weight is 1090 g/mol. The number of β-amino-alcohol motifs (C(OH)–C–C–N with tert-alkyl or cyclic N) is 1. The molecule has 5 N–H and O–H groups in total. The number of aryl methyl sites for hydroxylation is 1. The van der Waals surface area contributed by atoms with Crippen LogP contribution in [0.2, 0.25) is 0 Å². The molecule has 6 aromatic rings. The summed E-state index contributed by atoms with van der Waals surface area (Å²) < 4.78 is 18.5. The molecular formula is C60H75N11O7S. The number of phenols is 1. The number of pyridine rings is 1. The number of benzene rings is 2. The smallest absolute Gasteiger partial charge is 0.254 e. The predicted molar refractivity (Wildman–Crippen MR) is 304 cm³/mol. The Morgan fingerprint density at radius 3 is 2.43 bits per heavy atom. The number of carbonyl (C=O) groups is 2. The lowest BCUT2D eigenvalue weighted by molar-refractivity contribution is -0.141. The number of para-hydroxylation sites is 1. The number of anilines is 3. The summed E-state index contributed by atoms with van der Waals surface area (Å²) >= 11 is 1.60. The van der Waals surface area contributed by atoms with E-state index in [1.807, 2.05) is 81.9 Å². The normalized spacial score (nSPS) is 25.8. The summed E-state index contributed by atoms with van der Waals surface area (Å²) in [4.78, 5) is 47.3. The number of carbonyl (C=O) groups excluding carboxylic acids is 2. The van der Waals surface area contributed by atoms with Gasteiger partial charge in [0, 0.05) is 80.3 Å². The molecule has 5 aliphatic rings. The van der Waals surface area contributed by atoms with E-state index in [0.717, 1.165) is 97.8 Å². The van der Waals surface area contributed by atoms with Gasteiger partial charge >= 0.3 is 0 Å². The Labute approximate surface area is 466 Å². The molecule has 18 nitrogen and oxygen atoms in total. The summed E-state index contributed by atoms with van der Waals surface area (Å²) in [6.45, 7) is 16.8. The summed E-state index contributed by atoms with van der Waals surface area (Å²) in [5, 5.41) is 37.2. The highest BCUT2D eigenvalue weighted by molar-refractivity contribution is 7.13. The van der Waals surface area contributed by atoms with Crippen molar-refractivity contribution in [3.05, 3.63) is 102 Å². The van der Waals surface area contributed by atoms with Gasteiger partial charge in [0.15, 0.2) is 11.6 Å². The van der Waals surface area contributed by atoms with E-state index < -0.39 is 18.1 Å². The summed E-state index contributed by atoms with van der Waals surface area (Å²) in [7, 11) is 0. The maximum atomic E-state index is 14.3. The van der Waals surface area contributed by atoms with Gasteiger partial charge in [-0.2, -0.15) is 0 Å². The lowest BCUT2D eigenvalue weighted by atomic mass is 9.77. The Bertz CT molecular complexity index is 3080. The highest BCUT2D eigenvalue weighted by atomic mass is 32.1. The number of aliphatic hydroxyl groups is 1. The first-order valence-electron chi connectivity index (χ1n) is 28.4. The van der Waals surface area contributed by atoms with Gasteiger partial charge in [-0.05, 0) is 130 Å². The Kier molecular flexibility index (Phi) is 15.8. The fourth-order valence-electron chi connectivity index (χ4n) is 13.1. The van der Waals surface area contributed by atoms with Crippen molar-refractivity contribution in [2.45, 2.75) is 135 Å². The summed E-state index contributed by atoms with van der Waals surface area (Å²) in [5.74, 6) is 2.04. The van der Waals surface area contributed by atoms with Gasteiger partial charge in [0.05, 0.1) is 46.2 Å². The number of nitrogens with one attached hydrogen (secondary N) is 1. The molecule has 0 radical (unpaired) electrons.